The molecule has 0 spiro atoms. The molecule has 0 aliphatic carbocycles. The highest BCUT2D eigenvalue weighted by Crippen LogP contribution is 2.44. The molecule has 0 aromatic heterocycles. The molecule has 2 N–H and O–H groups in total. The van der Waals surface area contributed by atoms with Crippen LogP contribution in [0, 0.1) is 12.7 Å². The zero-order valence-corrected chi connectivity index (χ0v) is 15.7. The second-order valence-electron chi connectivity index (χ2n) is 7.02. The fourth-order valence-electron chi connectivity index (χ4n) is 3.64. The van der Waals surface area contributed by atoms with Crippen molar-refractivity contribution in [2.75, 3.05) is 16.8 Å². The smallest absolute Gasteiger partial charge is 0.268 e. The van der Waals surface area contributed by atoms with Crippen molar-refractivity contribution in [1.29, 1.82) is 0 Å². The summed E-state index contributed by atoms with van der Waals surface area (Å²) in [4.78, 5) is 27.0. The van der Waals surface area contributed by atoms with Crippen LogP contribution in [-0.2, 0) is 15.2 Å². The third-order valence-corrected chi connectivity index (χ3v) is 5.02. The van der Waals surface area contributed by atoms with Gasteiger partial charge in [-0.25, -0.2) is 4.39 Å². The van der Waals surface area contributed by atoms with Crippen molar-refractivity contribution in [2.24, 2.45) is 0 Å². The number of aryl methyl sites for hydroxylation is 1. The minimum atomic E-state index is -1.89. The van der Waals surface area contributed by atoms with Crippen LogP contribution in [0.25, 0.3) is 0 Å². The number of fused-ring (bicyclic) bond motifs is 1. The number of carbonyl (C=O) groups is 2. The Morgan fingerprint density at radius 1 is 1.07 bits per heavy atom. The number of rotatable bonds is 4. The Kier molecular flexibility index (Phi) is 4.64. The van der Waals surface area contributed by atoms with Crippen LogP contribution in [0.5, 0.6) is 0 Å². The van der Waals surface area contributed by atoms with E-state index in [1.807, 2.05) is 13.0 Å². The third-order valence-electron chi connectivity index (χ3n) is 5.02. The molecule has 1 unspecified atom stereocenters. The monoisotopic (exact) mass is 390 g/mol. The van der Waals surface area contributed by atoms with Crippen molar-refractivity contribution in [3.8, 4) is 0 Å². The van der Waals surface area contributed by atoms with Crippen LogP contribution >= 0.6 is 0 Å². The summed E-state index contributed by atoms with van der Waals surface area (Å²) in [5, 5.41) is 13.9. The fraction of sp³-hybridized carbons (Fsp3) is 0.130. The Bertz CT molecular complexity index is 1110. The number of anilines is 2. The van der Waals surface area contributed by atoms with Gasteiger partial charge in [-0.15, -0.1) is 0 Å². The Hall–Kier alpha value is -3.51. The first kappa shape index (κ1) is 18.8. The predicted molar refractivity (Wildman–Crippen MR) is 108 cm³/mol. The zero-order valence-electron chi connectivity index (χ0n) is 15.7. The van der Waals surface area contributed by atoms with Gasteiger partial charge >= 0.3 is 0 Å². The molecule has 1 aliphatic rings. The molecule has 0 fully saturated rings. The van der Waals surface area contributed by atoms with Gasteiger partial charge in [0.05, 0.1) is 11.4 Å². The van der Waals surface area contributed by atoms with Crippen LogP contribution < -0.4 is 10.2 Å². The quantitative estimate of drug-likeness (QED) is 0.718. The molecule has 0 saturated carbocycles. The number of aliphatic hydroxyl groups is 1. The van der Waals surface area contributed by atoms with Gasteiger partial charge in [0, 0.05) is 5.56 Å². The SMILES string of the molecule is Cc1cccc(C2(O)C(=O)N(CC(=O)Nc3ccccc3F)c3ccccc32)c1. The first-order valence-corrected chi connectivity index (χ1v) is 9.16. The van der Waals surface area contributed by atoms with E-state index in [1.54, 1.807) is 48.5 Å². The van der Waals surface area contributed by atoms with Gasteiger partial charge in [0.2, 0.25) is 5.91 Å². The lowest BCUT2D eigenvalue weighted by Crippen LogP contribution is -2.44. The lowest BCUT2D eigenvalue weighted by atomic mass is 9.87. The van der Waals surface area contributed by atoms with E-state index in [4.69, 9.17) is 0 Å². The summed E-state index contributed by atoms with van der Waals surface area (Å²) in [6, 6.07) is 19.7. The Labute approximate surface area is 167 Å². The van der Waals surface area contributed by atoms with E-state index in [2.05, 4.69) is 5.32 Å². The summed E-state index contributed by atoms with van der Waals surface area (Å²) < 4.78 is 13.8. The molecule has 146 valence electrons. The van der Waals surface area contributed by atoms with E-state index in [-0.39, 0.29) is 12.2 Å². The average Bonchev–Trinajstić information content (AvgIpc) is 2.93. The number of para-hydroxylation sites is 2. The Morgan fingerprint density at radius 3 is 2.55 bits per heavy atom. The summed E-state index contributed by atoms with van der Waals surface area (Å²) in [7, 11) is 0. The van der Waals surface area contributed by atoms with Gasteiger partial charge in [-0.2, -0.15) is 0 Å². The van der Waals surface area contributed by atoms with E-state index in [1.165, 1.54) is 23.1 Å². The lowest BCUT2D eigenvalue weighted by molar-refractivity contribution is -0.133. The molecule has 6 heteroatoms. The normalized spacial score (nSPS) is 17.9. The average molecular weight is 390 g/mol. The maximum Gasteiger partial charge on any atom is 0.268 e. The number of nitrogens with one attached hydrogen (secondary N) is 1. The molecule has 0 bridgehead atoms. The maximum absolute atomic E-state index is 13.8. The van der Waals surface area contributed by atoms with Crippen LogP contribution in [0.15, 0.2) is 72.8 Å². The number of carbonyl (C=O) groups excluding carboxylic acids is 2. The topological polar surface area (TPSA) is 69.6 Å². The summed E-state index contributed by atoms with van der Waals surface area (Å²) >= 11 is 0. The van der Waals surface area contributed by atoms with Crippen LogP contribution in [0.1, 0.15) is 16.7 Å². The summed E-state index contributed by atoms with van der Waals surface area (Å²) in [6.07, 6.45) is 0. The molecule has 2 amide bonds. The minimum Gasteiger partial charge on any atom is -0.372 e. The maximum atomic E-state index is 13.8. The van der Waals surface area contributed by atoms with E-state index in [0.29, 0.717) is 16.8 Å². The molecule has 0 saturated heterocycles. The van der Waals surface area contributed by atoms with Gasteiger partial charge in [-0.05, 0) is 30.7 Å². The van der Waals surface area contributed by atoms with Gasteiger partial charge < -0.3 is 10.4 Å². The van der Waals surface area contributed by atoms with Gasteiger partial charge in [0.25, 0.3) is 5.91 Å². The third kappa shape index (κ3) is 3.17. The Morgan fingerprint density at radius 2 is 1.79 bits per heavy atom. The van der Waals surface area contributed by atoms with Gasteiger partial charge in [0.1, 0.15) is 12.4 Å². The highest BCUT2D eigenvalue weighted by Gasteiger charge is 2.51. The Balaban J connectivity index is 1.68. The molecule has 1 heterocycles. The highest BCUT2D eigenvalue weighted by molar-refractivity contribution is 6.12. The highest BCUT2D eigenvalue weighted by atomic mass is 19.1. The summed E-state index contributed by atoms with van der Waals surface area (Å²) in [5.41, 5.74) is 0.343. The van der Waals surface area contributed by atoms with Crippen molar-refractivity contribution in [3.05, 3.63) is 95.3 Å². The number of hydrogen-bond donors (Lipinski definition) is 2. The van der Waals surface area contributed by atoms with Crippen LogP contribution in [0.4, 0.5) is 15.8 Å². The van der Waals surface area contributed by atoms with Crippen molar-refractivity contribution in [1.82, 2.24) is 0 Å². The van der Waals surface area contributed by atoms with E-state index < -0.39 is 23.2 Å². The molecule has 3 aromatic carbocycles. The van der Waals surface area contributed by atoms with Crippen molar-refractivity contribution in [3.63, 3.8) is 0 Å². The lowest BCUT2D eigenvalue weighted by Gasteiger charge is -2.24. The van der Waals surface area contributed by atoms with Crippen LogP contribution in [0.3, 0.4) is 0 Å². The molecular formula is C23H19FN2O3. The van der Waals surface area contributed by atoms with Crippen molar-refractivity contribution < 1.29 is 19.1 Å². The number of nitrogens with zero attached hydrogens (tertiary/aromatic N) is 1. The second-order valence-corrected chi connectivity index (χ2v) is 7.02. The fourth-order valence-corrected chi connectivity index (χ4v) is 3.64. The van der Waals surface area contributed by atoms with E-state index in [0.717, 1.165) is 5.56 Å². The molecule has 5 nitrogen and oxygen atoms in total. The standard InChI is InChI=1S/C23H19FN2O3/c1-15-7-6-8-16(13-15)23(29)17-9-2-5-12-20(17)26(22(23)28)14-21(27)25-19-11-4-3-10-18(19)24/h2-13,29H,14H2,1H3,(H,25,27). The van der Waals surface area contributed by atoms with Gasteiger partial charge in [0.15, 0.2) is 5.60 Å². The van der Waals surface area contributed by atoms with Crippen molar-refractivity contribution >= 4 is 23.2 Å². The van der Waals surface area contributed by atoms with Crippen LogP contribution in [0.2, 0.25) is 0 Å². The number of benzene rings is 3. The molecule has 0 radical (unpaired) electrons. The van der Waals surface area contributed by atoms with Gasteiger partial charge in [-0.3, -0.25) is 14.5 Å². The number of amides is 2. The predicted octanol–water partition coefficient (Wildman–Crippen LogP) is 3.36. The number of halogens is 1. The molecule has 1 aliphatic heterocycles. The largest absolute Gasteiger partial charge is 0.372 e. The van der Waals surface area contributed by atoms with Crippen LogP contribution in [-0.4, -0.2) is 23.5 Å². The molecular weight excluding hydrogens is 371 g/mol. The summed E-state index contributed by atoms with van der Waals surface area (Å²) in [5.74, 6) is -1.75. The first-order valence-electron chi connectivity index (χ1n) is 9.16. The molecule has 3 aromatic rings. The molecule has 1 atom stereocenters. The minimum absolute atomic E-state index is 0.0337. The molecule has 4 rings (SSSR count). The molecule has 29 heavy (non-hydrogen) atoms. The summed E-state index contributed by atoms with van der Waals surface area (Å²) in [6.45, 7) is 1.52. The zero-order chi connectivity index (χ0) is 20.6. The van der Waals surface area contributed by atoms with E-state index in [9.17, 15) is 19.1 Å². The second kappa shape index (κ2) is 7.14. The van der Waals surface area contributed by atoms with Gasteiger partial charge in [-0.1, -0.05) is 60.2 Å². The van der Waals surface area contributed by atoms with Crippen molar-refractivity contribution in [2.45, 2.75) is 12.5 Å². The number of hydrogen-bond acceptors (Lipinski definition) is 3. The van der Waals surface area contributed by atoms with E-state index >= 15 is 0 Å². The first-order chi connectivity index (χ1) is 13.9.